The van der Waals surface area contributed by atoms with Gasteiger partial charge >= 0.3 is 6.09 Å². The Bertz CT molecular complexity index is 579. The summed E-state index contributed by atoms with van der Waals surface area (Å²) in [5.41, 5.74) is 0.488. The molecule has 5 nitrogen and oxygen atoms in total. The van der Waals surface area contributed by atoms with Gasteiger partial charge in [0.05, 0.1) is 12.5 Å². The van der Waals surface area contributed by atoms with Crippen LogP contribution in [0.1, 0.15) is 39.2 Å². The fourth-order valence-electron chi connectivity index (χ4n) is 2.50. The fourth-order valence-corrected chi connectivity index (χ4v) is 2.50. The fraction of sp³-hybridized carbons (Fsp3) is 0.556. The van der Waals surface area contributed by atoms with Gasteiger partial charge in [0.25, 0.3) is 0 Å². The van der Waals surface area contributed by atoms with E-state index in [4.69, 9.17) is 14.7 Å². The lowest BCUT2D eigenvalue weighted by Crippen LogP contribution is -2.44. The monoisotopic (exact) mass is 316 g/mol. The van der Waals surface area contributed by atoms with Crippen molar-refractivity contribution in [3.05, 3.63) is 29.8 Å². The van der Waals surface area contributed by atoms with Crippen LogP contribution >= 0.6 is 0 Å². The number of carbonyl (C=O) groups excluding carboxylic acids is 1. The van der Waals surface area contributed by atoms with E-state index in [9.17, 15) is 4.79 Å². The molecule has 124 valence electrons. The molecular formula is C18H24N2O3. The summed E-state index contributed by atoms with van der Waals surface area (Å²) >= 11 is 0. The molecule has 23 heavy (non-hydrogen) atoms. The molecule has 0 atom stereocenters. The third-order valence-corrected chi connectivity index (χ3v) is 3.58. The molecule has 0 aliphatic carbocycles. The Kier molecular flexibility index (Phi) is 5.49. The number of ether oxygens (including phenoxy) is 2. The summed E-state index contributed by atoms with van der Waals surface area (Å²) in [6.45, 7) is 6.88. The van der Waals surface area contributed by atoms with E-state index >= 15 is 0 Å². The van der Waals surface area contributed by atoms with Crippen LogP contribution in [0, 0.1) is 11.3 Å². The lowest BCUT2D eigenvalue weighted by atomic mass is 10.1. The van der Waals surface area contributed by atoms with Gasteiger partial charge in [-0.15, -0.1) is 0 Å². The minimum atomic E-state index is -0.467. The molecule has 1 aromatic carbocycles. The average Bonchev–Trinajstić information content (AvgIpc) is 2.47. The SMILES string of the molecule is CC(C)(C)OC(=O)N1CCC(Oc2cccc(CC#N)c2)CC1. The predicted octanol–water partition coefficient (Wildman–Crippen LogP) is 3.53. The van der Waals surface area contributed by atoms with Gasteiger partial charge in [-0.05, 0) is 38.5 Å². The molecule has 1 amide bonds. The second-order valence-corrected chi connectivity index (χ2v) is 6.77. The lowest BCUT2D eigenvalue weighted by molar-refractivity contribution is 0.0126. The molecule has 1 heterocycles. The summed E-state index contributed by atoms with van der Waals surface area (Å²) in [5, 5.41) is 8.75. The van der Waals surface area contributed by atoms with Crippen LogP contribution in [0.3, 0.4) is 0 Å². The molecule has 5 heteroatoms. The number of likely N-dealkylation sites (tertiary alicyclic amines) is 1. The van der Waals surface area contributed by atoms with E-state index < -0.39 is 5.60 Å². The van der Waals surface area contributed by atoms with E-state index in [-0.39, 0.29) is 12.2 Å². The summed E-state index contributed by atoms with van der Waals surface area (Å²) in [6, 6.07) is 9.77. The average molecular weight is 316 g/mol. The van der Waals surface area contributed by atoms with E-state index in [1.165, 1.54) is 0 Å². The van der Waals surface area contributed by atoms with Crippen molar-refractivity contribution >= 4 is 6.09 Å². The number of hydrogen-bond donors (Lipinski definition) is 0. The molecule has 0 N–H and O–H groups in total. The Morgan fingerprint density at radius 3 is 2.65 bits per heavy atom. The highest BCUT2D eigenvalue weighted by molar-refractivity contribution is 5.68. The van der Waals surface area contributed by atoms with Crippen LogP contribution in [-0.2, 0) is 11.2 Å². The van der Waals surface area contributed by atoms with Crippen LogP contribution in [-0.4, -0.2) is 35.8 Å². The summed E-state index contributed by atoms with van der Waals surface area (Å²) in [5.74, 6) is 0.786. The van der Waals surface area contributed by atoms with Crippen molar-refractivity contribution in [2.24, 2.45) is 0 Å². The van der Waals surface area contributed by atoms with E-state index in [1.807, 2.05) is 45.0 Å². The van der Waals surface area contributed by atoms with Gasteiger partial charge in [0.1, 0.15) is 17.5 Å². The smallest absolute Gasteiger partial charge is 0.410 e. The summed E-state index contributed by atoms with van der Waals surface area (Å²) in [4.78, 5) is 13.8. The number of hydrogen-bond acceptors (Lipinski definition) is 4. The van der Waals surface area contributed by atoms with Gasteiger partial charge < -0.3 is 14.4 Å². The Hall–Kier alpha value is -2.22. The van der Waals surface area contributed by atoms with Crippen molar-refractivity contribution in [2.45, 2.75) is 51.7 Å². The van der Waals surface area contributed by atoms with Crippen LogP contribution in [0.5, 0.6) is 5.75 Å². The van der Waals surface area contributed by atoms with Crippen molar-refractivity contribution in [1.29, 1.82) is 5.26 Å². The first-order valence-corrected chi connectivity index (χ1v) is 7.98. The molecule has 1 aliphatic rings. The minimum absolute atomic E-state index is 0.0889. The molecule has 0 unspecified atom stereocenters. The summed E-state index contributed by atoms with van der Waals surface area (Å²) < 4.78 is 11.4. The van der Waals surface area contributed by atoms with Crippen molar-refractivity contribution in [3.63, 3.8) is 0 Å². The molecule has 1 fully saturated rings. The molecule has 0 saturated carbocycles. The lowest BCUT2D eigenvalue weighted by Gasteiger charge is -2.33. The summed E-state index contributed by atoms with van der Waals surface area (Å²) in [6.07, 6.45) is 1.77. The third kappa shape index (κ3) is 5.48. The zero-order valence-electron chi connectivity index (χ0n) is 14.0. The molecule has 1 aromatic rings. The predicted molar refractivity (Wildman–Crippen MR) is 87.2 cm³/mol. The van der Waals surface area contributed by atoms with E-state index in [2.05, 4.69) is 6.07 Å². The normalized spacial score (nSPS) is 15.8. The number of piperidine rings is 1. The first-order chi connectivity index (χ1) is 10.9. The van der Waals surface area contributed by atoms with Gasteiger partial charge in [-0.3, -0.25) is 0 Å². The van der Waals surface area contributed by atoms with Crippen LogP contribution in [0.15, 0.2) is 24.3 Å². The van der Waals surface area contributed by atoms with Gasteiger partial charge in [-0.25, -0.2) is 4.79 Å². The van der Waals surface area contributed by atoms with Crippen LogP contribution in [0.2, 0.25) is 0 Å². The Morgan fingerprint density at radius 2 is 2.04 bits per heavy atom. The van der Waals surface area contributed by atoms with Gasteiger partial charge in [-0.1, -0.05) is 12.1 Å². The van der Waals surface area contributed by atoms with Crippen molar-refractivity contribution in [3.8, 4) is 11.8 Å². The largest absolute Gasteiger partial charge is 0.490 e. The minimum Gasteiger partial charge on any atom is -0.490 e. The summed E-state index contributed by atoms with van der Waals surface area (Å²) in [7, 11) is 0. The standard InChI is InChI=1S/C18H24N2O3/c1-18(2,3)23-17(21)20-11-8-15(9-12-20)22-16-6-4-5-14(13-16)7-10-19/h4-6,13,15H,7-9,11-12H2,1-3H3. The highest BCUT2D eigenvalue weighted by Gasteiger charge is 2.27. The quantitative estimate of drug-likeness (QED) is 0.856. The van der Waals surface area contributed by atoms with Gasteiger partial charge in [0, 0.05) is 25.9 Å². The first kappa shape index (κ1) is 17.1. The van der Waals surface area contributed by atoms with Crippen molar-refractivity contribution in [1.82, 2.24) is 4.90 Å². The number of rotatable bonds is 3. The Balaban J connectivity index is 1.84. The number of nitriles is 1. The van der Waals surface area contributed by atoms with Crippen molar-refractivity contribution < 1.29 is 14.3 Å². The van der Waals surface area contributed by atoms with Crippen LogP contribution < -0.4 is 4.74 Å². The highest BCUT2D eigenvalue weighted by atomic mass is 16.6. The second-order valence-electron chi connectivity index (χ2n) is 6.77. The van der Waals surface area contributed by atoms with Gasteiger partial charge in [0.2, 0.25) is 0 Å². The zero-order chi connectivity index (χ0) is 16.9. The Labute approximate surface area is 137 Å². The molecular weight excluding hydrogens is 292 g/mol. The molecule has 1 aliphatic heterocycles. The maximum atomic E-state index is 12.0. The highest BCUT2D eigenvalue weighted by Crippen LogP contribution is 2.21. The molecule has 2 rings (SSSR count). The van der Waals surface area contributed by atoms with Crippen LogP contribution in [0.4, 0.5) is 4.79 Å². The third-order valence-electron chi connectivity index (χ3n) is 3.58. The van der Waals surface area contributed by atoms with Crippen molar-refractivity contribution in [2.75, 3.05) is 13.1 Å². The topological polar surface area (TPSA) is 62.6 Å². The number of nitrogens with zero attached hydrogens (tertiary/aromatic N) is 2. The maximum absolute atomic E-state index is 12.0. The van der Waals surface area contributed by atoms with Gasteiger partial charge in [0.15, 0.2) is 0 Å². The van der Waals surface area contributed by atoms with Gasteiger partial charge in [-0.2, -0.15) is 5.26 Å². The Morgan fingerprint density at radius 1 is 1.35 bits per heavy atom. The zero-order valence-corrected chi connectivity index (χ0v) is 14.0. The van der Waals surface area contributed by atoms with E-state index in [0.717, 1.165) is 24.2 Å². The molecule has 1 saturated heterocycles. The molecule has 0 radical (unpaired) electrons. The number of carbonyl (C=O) groups is 1. The van der Waals surface area contributed by atoms with E-state index in [0.29, 0.717) is 19.5 Å². The van der Waals surface area contributed by atoms with Crippen LogP contribution in [0.25, 0.3) is 0 Å². The molecule has 0 bridgehead atoms. The maximum Gasteiger partial charge on any atom is 0.410 e. The number of benzene rings is 1. The first-order valence-electron chi connectivity index (χ1n) is 7.98. The molecule has 0 aromatic heterocycles. The number of amides is 1. The second kappa shape index (κ2) is 7.36. The molecule has 0 spiro atoms. The van der Waals surface area contributed by atoms with E-state index in [1.54, 1.807) is 4.90 Å².